The van der Waals surface area contributed by atoms with Crippen molar-refractivity contribution in [3.8, 4) is 6.07 Å². The Morgan fingerprint density at radius 2 is 2.37 bits per heavy atom. The van der Waals surface area contributed by atoms with Crippen molar-refractivity contribution in [2.75, 3.05) is 0 Å². The highest BCUT2D eigenvalue weighted by Crippen LogP contribution is 2.61. The third-order valence-electron chi connectivity index (χ3n) is 3.71. The minimum Gasteiger partial charge on any atom is -0.386 e. The van der Waals surface area contributed by atoms with E-state index in [0.29, 0.717) is 0 Å². The standard InChI is InChI=1S/C10H11ClN4O4/c11-5-6(15-2-1-4(13)14-8(15)17)19-9(3-12)7(16)10(5,9)18/h1-2,4-7,16,18H,13H2,(H,14,17)/t4?,5-,6+,7?,9+,10+/m0/s1. The molecule has 102 valence electrons. The maximum atomic E-state index is 11.8. The fraction of sp³-hybridized carbons (Fsp3) is 0.600. The first-order chi connectivity index (χ1) is 8.88. The third-order valence-corrected chi connectivity index (χ3v) is 4.26. The molecule has 8 nitrogen and oxygen atoms in total. The molecule has 0 radical (unpaired) electrons. The number of nitrogens with one attached hydrogen (secondary N) is 1. The molecular formula is C10H11ClN4O4. The summed E-state index contributed by atoms with van der Waals surface area (Å²) >= 11 is 6.04. The number of nitriles is 1. The van der Waals surface area contributed by atoms with Crippen LogP contribution in [-0.2, 0) is 4.74 Å². The maximum Gasteiger partial charge on any atom is 0.325 e. The first-order valence-electron chi connectivity index (χ1n) is 5.55. The van der Waals surface area contributed by atoms with Crippen LogP contribution in [0.15, 0.2) is 12.3 Å². The number of halogens is 1. The van der Waals surface area contributed by atoms with Gasteiger partial charge in [0.05, 0.1) is 6.17 Å². The number of nitrogens with two attached hydrogens (primary N) is 1. The maximum absolute atomic E-state index is 11.8. The molecule has 2 unspecified atom stereocenters. The van der Waals surface area contributed by atoms with Gasteiger partial charge in [0.25, 0.3) is 0 Å². The molecule has 2 aliphatic heterocycles. The minimum absolute atomic E-state index is 0.557. The van der Waals surface area contributed by atoms with Crippen molar-refractivity contribution in [1.29, 1.82) is 5.26 Å². The van der Waals surface area contributed by atoms with Gasteiger partial charge in [-0.3, -0.25) is 4.90 Å². The average Bonchev–Trinajstić information content (AvgIpc) is 2.73. The second-order valence-corrected chi connectivity index (χ2v) is 5.18. The van der Waals surface area contributed by atoms with Gasteiger partial charge in [-0.25, -0.2) is 4.79 Å². The van der Waals surface area contributed by atoms with Crippen LogP contribution >= 0.6 is 11.6 Å². The van der Waals surface area contributed by atoms with Crippen molar-refractivity contribution in [1.82, 2.24) is 10.2 Å². The molecule has 5 N–H and O–H groups in total. The lowest BCUT2D eigenvalue weighted by Gasteiger charge is -2.33. The highest BCUT2D eigenvalue weighted by atomic mass is 35.5. The highest BCUT2D eigenvalue weighted by molar-refractivity contribution is 6.23. The Kier molecular flexibility index (Phi) is 2.39. The van der Waals surface area contributed by atoms with Gasteiger partial charge in [0.1, 0.15) is 17.6 Å². The molecular weight excluding hydrogens is 276 g/mol. The van der Waals surface area contributed by atoms with E-state index in [1.54, 1.807) is 6.07 Å². The summed E-state index contributed by atoms with van der Waals surface area (Å²) in [7, 11) is 0. The summed E-state index contributed by atoms with van der Waals surface area (Å²) in [4.78, 5) is 12.8. The van der Waals surface area contributed by atoms with Crippen molar-refractivity contribution >= 4 is 17.6 Å². The Labute approximate surface area is 113 Å². The van der Waals surface area contributed by atoms with Crippen LogP contribution < -0.4 is 11.1 Å². The Morgan fingerprint density at radius 1 is 1.68 bits per heavy atom. The van der Waals surface area contributed by atoms with E-state index in [4.69, 9.17) is 27.3 Å². The second kappa shape index (κ2) is 3.59. The molecule has 0 aromatic carbocycles. The van der Waals surface area contributed by atoms with Gasteiger partial charge in [-0.15, -0.1) is 11.6 Å². The number of amides is 2. The molecule has 0 spiro atoms. The highest BCUT2D eigenvalue weighted by Gasteiger charge is 2.89. The summed E-state index contributed by atoms with van der Waals surface area (Å²) in [5.41, 5.74) is 1.84. The summed E-state index contributed by atoms with van der Waals surface area (Å²) in [6, 6.07) is 1.16. The molecule has 3 rings (SSSR count). The molecule has 0 bridgehead atoms. The smallest absolute Gasteiger partial charge is 0.325 e. The molecule has 1 aliphatic carbocycles. The molecule has 2 amide bonds. The molecule has 3 aliphatic rings. The van der Waals surface area contributed by atoms with Crippen molar-refractivity contribution in [3.63, 3.8) is 0 Å². The molecule has 1 saturated carbocycles. The normalized spacial score (nSPS) is 51.5. The summed E-state index contributed by atoms with van der Waals surface area (Å²) < 4.78 is 5.32. The third kappa shape index (κ3) is 1.29. The monoisotopic (exact) mass is 286 g/mol. The summed E-state index contributed by atoms with van der Waals surface area (Å²) in [6.07, 6.45) is -0.194. The lowest BCUT2D eigenvalue weighted by atomic mass is 10.1. The van der Waals surface area contributed by atoms with Gasteiger partial charge in [0.15, 0.2) is 11.8 Å². The fourth-order valence-electron chi connectivity index (χ4n) is 2.51. The fourth-order valence-corrected chi connectivity index (χ4v) is 2.97. The molecule has 9 heteroatoms. The number of aliphatic hydroxyl groups is 2. The van der Waals surface area contributed by atoms with Gasteiger partial charge >= 0.3 is 6.03 Å². The van der Waals surface area contributed by atoms with Gasteiger partial charge < -0.3 is 26.0 Å². The zero-order valence-electron chi connectivity index (χ0n) is 9.52. The molecule has 0 aromatic rings. The SMILES string of the molecule is N#C[C@]12O[C@@H](N3C=CC(N)NC3=O)[C@H](Cl)[C@@]1(O)C2O. The van der Waals surface area contributed by atoms with Crippen molar-refractivity contribution < 1.29 is 19.7 Å². The van der Waals surface area contributed by atoms with Crippen molar-refractivity contribution in [3.05, 3.63) is 12.3 Å². The van der Waals surface area contributed by atoms with Crippen molar-refractivity contribution in [2.24, 2.45) is 5.73 Å². The number of ether oxygens (including phenoxy) is 1. The van der Waals surface area contributed by atoms with E-state index in [9.17, 15) is 15.0 Å². The lowest BCUT2D eigenvalue weighted by molar-refractivity contribution is -0.0530. The number of carbonyl (C=O) groups excluding carboxylic acids is 1. The zero-order valence-corrected chi connectivity index (χ0v) is 10.3. The predicted molar refractivity (Wildman–Crippen MR) is 61.3 cm³/mol. The Bertz CT molecular complexity index is 522. The van der Waals surface area contributed by atoms with Crippen LogP contribution in [0.5, 0.6) is 0 Å². The number of nitrogens with zero attached hydrogens (tertiary/aromatic N) is 2. The van der Waals surface area contributed by atoms with Crippen molar-refractivity contribution in [2.45, 2.75) is 35.1 Å². The number of hydrogen-bond donors (Lipinski definition) is 4. The molecule has 19 heavy (non-hydrogen) atoms. The van der Waals surface area contributed by atoms with Gasteiger partial charge in [0.2, 0.25) is 5.60 Å². The quantitative estimate of drug-likeness (QED) is 0.418. The largest absolute Gasteiger partial charge is 0.386 e. The van der Waals surface area contributed by atoms with Gasteiger partial charge in [-0.2, -0.15) is 5.26 Å². The number of rotatable bonds is 1. The number of alkyl halides is 1. The minimum atomic E-state index is -1.87. The van der Waals surface area contributed by atoms with Crippen LogP contribution in [-0.4, -0.2) is 56.2 Å². The van der Waals surface area contributed by atoms with Crippen LogP contribution in [0, 0.1) is 11.3 Å². The van der Waals surface area contributed by atoms with Crippen LogP contribution in [0.25, 0.3) is 0 Å². The molecule has 2 fully saturated rings. The average molecular weight is 287 g/mol. The first-order valence-corrected chi connectivity index (χ1v) is 5.98. The van der Waals surface area contributed by atoms with Gasteiger partial charge in [-0.1, -0.05) is 0 Å². The Balaban J connectivity index is 1.89. The topological polar surface area (TPSA) is 132 Å². The first kappa shape index (κ1) is 12.7. The van der Waals surface area contributed by atoms with Crippen LogP contribution in [0.3, 0.4) is 0 Å². The predicted octanol–water partition coefficient (Wildman–Crippen LogP) is -1.86. The van der Waals surface area contributed by atoms with E-state index >= 15 is 0 Å². The zero-order chi connectivity index (χ0) is 14.0. The van der Waals surface area contributed by atoms with E-state index < -0.39 is 41.1 Å². The summed E-state index contributed by atoms with van der Waals surface area (Å²) in [5, 5.41) is 30.1. The summed E-state index contributed by atoms with van der Waals surface area (Å²) in [6.45, 7) is 0. The van der Waals surface area contributed by atoms with E-state index in [0.717, 1.165) is 4.90 Å². The van der Waals surface area contributed by atoms with E-state index in [-0.39, 0.29) is 0 Å². The van der Waals surface area contributed by atoms with E-state index in [1.165, 1.54) is 12.3 Å². The number of aliphatic hydroxyl groups excluding tert-OH is 1. The Hall–Kier alpha value is -1.37. The summed E-state index contributed by atoms with van der Waals surface area (Å²) in [5.74, 6) is 0. The van der Waals surface area contributed by atoms with Crippen LogP contribution in [0.2, 0.25) is 0 Å². The van der Waals surface area contributed by atoms with Gasteiger partial charge in [0, 0.05) is 6.20 Å². The Morgan fingerprint density at radius 3 is 2.89 bits per heavy atom. The van der Waals surface area contributed by atoms with E-state index in [1.807, 2.05) is 0 Å². The molecule has 6 atom stereocenters. The molecule has 1 saturated heterocycles. The molecule has 0 aromatic heterocycles. The number of hydrogen-bond acceptors (Lipinski definition) is 6. The van der Waals surface area contributed by atoms with Crippen LogP contribution in [0.4, 0.5) is 4.79 Å². The second-order valence-electron chi connectivity index (χ2n) is 4.71. The lowest BCUT2D eigenvalue weighted by Crippen LogP contribution is -2.55. The molecule has 2 heterocycles. The number of urea groups is 1. The van der Waals surface area contributed by atoms with Gasteiger partial charge in [-0.05, 0) is 6.08 Å². The number of fused-ring (bicyclic) bond motifs is 1. The number of carbonyl (C=O) groups is 1. The van der Waals surface area contributed by atoms with E-state index in [2.05, 4.69) is 5.32 Å². The van der Waals surface area contributed by atoms with Crippen LogP contribution in [0.1, 0.15) is 0 Å².